The van der Waals surface area contributed by atoms with Gasteiger partial charge in [0, 0.05) is 19.1 Å². The van der Waals surface area contributed by atoms with Crippen LogP contribution in [0.25, 0.3) is 0 Å². The van der Waals surface area contributed by atoms with E-state index < -0.39 is 12.5 Å². The summed E-state index contributed by atoms with van der Waals surface area (Å²) in [6, 6.07) is 0.179. The smallest absolute Gasteiger partial charge is 0.265 e. The molecular formula is C13H26F2N2O. The molecule has 0 radical (unpaired) electrons. The van der Waals surface area contributed by atoms with Gasteiger partial charge in [0.05, 0.1) is 0 Å². The van der Waals surface area contributed by atoms with Gasteiger partial charge in [-0.1, -0.05) is 6.92 Å². The summed E-state index contributed by atoms with van der Waals surface area (Å²) in [4.78, 5) is 2.44. The Morgan fingerprint density at radius 1 is 1.44 bits per heavy atom. The van der Waals surface area contributed by atoms with Crippen LogP contribution in [-0.4, -0.2) is 54.8 Å². The number of nitrogens with one attached hydrogen (secondary N) is 1. The van der Waals surface area contributed by atoms with Crippen LogP contribution in [0.15, 0.2) is 0 Å². The molecule has 0 aromatic rings. The Morgan fingerprint density at radius 3 is 2.78 bits per heavy atom. The van der Waals surface area contributed by atoms with Gasteiger partial charge in [-0.05, 0) is 45.2 Å². The normalized spacial score (nSPS) is 25.3. The maximum absolute atomic E-state index is 12.2. The van der Waals surface area contributed by atoms with Crippen molar-refractivity contribution in [3.05, 3.63) is 0 Å². The van der Waals surface area contributed by atoms with E-state index >= 15 is 0 Å². The van der Waals surface area contributed by atoms with Crippen molar-refractivity contribution in [2.45, 2.75) is 51.7 Å². The van der Waals surface area contributed by atoms with E-state index in [9.17, 15) is 8.78 Å². The quantitative estimate of drug-likeness (QED) is 0.735. The largest absolute Gasteiger partial charge is 0.386 e. The minimum atomic E-state index is -2.66. The van der Waals surface area contributed by atoms with Crippen LogP contribution in [0.5, 0.6) is 0 Å². The van der Waals surface area contributed by atoms with E-state index in [0.29, 0.717) is 5.92 Å². The number of alkyl halides is 2. The van der Waals surface area contributed by atoms with Gasteiger partial charge in [-0.15, -0.1) is 0 Å². The van der Waals surface area contributed by atoms with Crippen LogP contribution in [0.4, 0.5) is 8.78 Å². The molecule has 0 aromatic heterocycles. The molecule has 0 amide bonds. The summed E-state index contributed by atoms with van der Waals surface area (Å²) in [6.07, 6.45) is -0.748. The van der Waals surface area contributed by atoms with Crippen molar-refractivity contribution in [3.63, 3.8) is 0 Å². The zero-order chi connectivity index (χ0) is 13.5. The number of nitrogens with zero attached hydrogens (tertiary/aromatic N) is 1. The Morgan fingerprint density at radius 2 is 2.17 bits per heavy atom. The van der Waals surface area contributed by atoms with Gasteiger partial charge in [0.2, 0.25) is 0 Å². The van der Waals surface area contributed by atoms with Crippen LogP contribution in [-0.2, 0) is 0 Å². The van der Waals surface area contributed by atoms with E-state index in [1.807, 2.05) is 6.92 Å². The average Bonchev–Trinajstić information content (AvgIpc) is 2.36. The van der Waals surface area contributed by atoms with Crippen molar-refractivity contribution in [1.82, 2.24) is 10.2 Å². The first kappa shape index (κ1) is 15.8. The van der Waals surface area contributed by atoms with Crippen LogP contribution in [0.3, 0.4) is 0 Å². The molecule has 0 spiro atoms. The van der Waals surface area contributed by atoms with Crippen molar-refractivity contribution < 1.29 is 13.9 Å². The van der Waals surface area contributed by atoms with Gasteiger partial charge in [-0.2, -0.15) is 0 Å². The Kier molecular flexibility index (Phi) is 7.04. The van der Waals surface area contributed by atoms with Crippen LogP contribution in [0.1, 0.15) is 33.1 Å². The number of halogens is 2. The highest BCUT2D eigenvalue weighted by molar-refractivity contribution is 4.81. The summed E-state index contributed by atoms with van der Waals surface area (Å²) in [5.41, 5.74) is 0. The van der Waals surface area contributed by atoms with Gasteiger partial charge in [-0.3, -0.25) is 0 Å². The molecule has 0 aliphatic carbocycles. The molecule has 3 nitrogen and oxygen atoms in total. The zero-order valence-electron chi connectivity index (χ0n) is 11.4. The minimum Gasteiger partial charge on any atom is -0.386 e. The SMILES string of the molecule is CCCN1CCCC(C(C)NCC(O)C(F)F)C1. The molecule has 18 heavy (non-hydrogen) atoms. The Hall–Kier alpha value is -0.260. The van der Waals surface area contributed by atoms with Gasteiger partial charge < -0.3 is 15.3 Å². The fourth-order valence-corrected chi connectivity index (χ4v) is 2.58. The average molecular weight is 264 g/mol. The van der Waals surface area contributed by atoms with Gasteiger partial charge in [0.25, 0.3) is 6.43 Å². The number of hydrogen-bond acceptors (Lipinski definition) is 3. The van der Waals surface area contributed by atoms with Crippen LogP contribution in [0, 0.1) is 5.92 Å². The maximum Gasteiger partial charge on any atom is 0.265 e. The molecule has 0 saturated carbocycles. The summed E-state index contributed by atoms with van der Waals surface area (Å²) in [7, 11) is 0. The number of likely N-dealkylation sites (tertiary alicyclic amines) is 1. The van der Waals surface area contributed by atoms with E-state index in [1.54, 1.807) is 0 Å². The number of rotatable bonds is 7. The molecule has 0 aromatic carbocycles. The zero-order valence-corrected chi connectivity index (χ0v) is 11.4. The molecule has 1 saturated heterocycles. The van der Waals surface area contributed by atoms with Crippen molar-refractivity contribution in [1.29, 1.82) is 0 Å². The van der Waals surface area contributed by atoms with E-state index in [4.69, 9.17) is 5.11 Å². The molecular weight excluding hydrogens is 238 g/mol. The predicted molar refractivity (Wildman–Crippen MR) is 68.9 cm³/mol. The molecule has 1 fully saturated rings. The summed E-state index contributed by atoms with van der Waals surface area (Å²) in [5.74, 6) is 0.496. The van der Waals surface area contributed by atoms with Crippen molar-refractivity contribution in [3.8, 4) is 0 Å². The van der Waals surface area contributed by atoms with E-state index in [0.717, 1.165) is 32.5 Å². The summed E-state index contributed by atoms with van der Waals surface area (Å²) in [5, 5.41) is 12.1. The lowest BCUT2D eigenvalue weighted by Gasteiger charge is -2.36. The number of piperidine rings is 1. The topological polar surface area (TPSA) is 35.5 Å². The first-order chi connectivity index (χ1) is 8.54. The summed E-state index contributed by atoms with van der Waals surface area (Å²) < 4.78 is 24.4. The van der Waals surface area contributed by atoms with E-state index in [2.05, 4.69) is 17.1 Å². The lowest BCUT2D eigenvalue weighted by Crippen LogP contribution is -2.47. The van der Waals surface area contributed by atoms with E-state index in [1.165, 1.54) is 6.42 Å². The molecule has 3 unspecified atom stereocenters. The standard InChI is InChI=1S/C13H26F2N2O/c1-3-6-17-7-4-5-11(9-17)10(2)16-8-12(18)13(14)15/h10-13,16,18H,3-9H2,1-2H3. The first-order valence-corrected chi connectivity index (χ1v) is 6.96. The van der Waals surface area contributed by atoms with Gasteiger partial charge in [0.15, 0.2) is 0 Å². The van der Waals surface area contributed by atoms with Crippen molar-refractivity contribution in [2.24, 2.45) is 5.92 Å². The third-order valence-corrected chi connectivity index (χ3v) is 3.73. The second kappa shape index (κ2) is 8.02. The molecule has 108 valence electrons. The summed E-state index contributed by atoms with van der Waals surface area (Å²) in [6.45, 7) is 7.47. The Labute approximate surface area is 109 Å². The van der Waals surface area contributed by atoms with Crippen LogP contribution < -0.4 is 5.32 Å². The Balaban J connectivity index is 2.30. The second-order valence-electron chi connectivity index (χ2n) is 5.30. The van der Waals surface area contributed by atoms with Gasteiger partial charge >= 0.3 is 0 Å². The van der Waals surface area contributed by atoms with Crippen molar-refractivity contribution >= 4 is 0 Å². The first-order valence-electron chi connectivity index (χ1n) is 6.96. The molecule has 1 heterocycles. The number of aliphatic hydroxyl groups is 1. The molecule has 3 atom stereocenters. The van der Waals surface area contributed by atoms with Gasteiger partial charge in [-0.25, -0.2) is 8.78 Å². The molecule has 1 aliphatic rings. The van der Waals surface area contributed by atoms with Crippen LogP contribution >= 0.6 is 0 Å². The predicted octanol–water partition coefficient (Wildman–Crippen LogP) is 1.71. The second-order valence-corrected chi connectivity index (χ2v) is 5.30. The Bertz CT molecular complexity index is 227. The molecule has 1 rings (SSSR count). The highest BCUT2D eigenvalue weighted by Gasteiger charge is 2.25. The third-order valence-electron chi connectivity index (χ3n) is 3.73. The molecule has 0 bridgehead atoms. The highest BCUT2D eigenvalue weighted by Crippen LogP contribution is 2.20. The van der Waals surface area contributed by atoms with E-state index in [-0.39, 0.29) is 12.6 Å². The van der Waals surface area contributed by atoms with Crippen LogP contribution in [0.2, 0.25) is 0 Å². The number of aliphatic hydroxyl groups excluding tert-OH is 1. The van der Waals surface area contributed by atoms with Crippen molar-refractivity contribution in [2.75, 3.05) is 26.2 Å². The monoisotopic (exact) mass is 264 g/mol. The maximum atomic E-state index is 12.2. The molecule has 2 N–H and O–H groups in total. The molecule has 5 heteroatoms. The lowest BCUT2D eigenvalue weighted by molar-refractivity contribution is -0.00606. The molecule has 1 aliphatic heterocycles. The van der Waals surface area contributed by atoms with Gasteiger partial charge in [0.1, 0.15) is 6.10 Å². The fraction of sp³-hybridized carbons (Fsp3) is 1.00. The third kappa shape index (κ3) is 5.16. The minimum absolute atomic E-state index is 0.0247. The lowest BCUT2D eigenvalue weighted by atomic mass is 9.91. The highest BCUT2D eigenvalue weighted by atomic mass is 19.3. The fourth-order valence-electron chi connectivity index (χ4n) is 2.58. The number of hydrogen-bond donors (Lipinski definition) is 2. The summed E-state index contributed by atoms with van der Waals surface area (Å²) >= 11 is 0.